The van der Waals surface area contributed by atoms with E-state index in [1.54, 1.807) is 133 Å². The first-order chi connectivity index (χ1) is 51.7. The zero-order chi connectivity index (χ0) is 83.8. The number of carbonyl (C=O) groups excluding carboxylic acids is 5. The molecular formula is C68H70Cl5FN14O10. The molecule has 98 heavy (non-hydrogen) atoms. The Morgan fingerprint density at radius 3 is 1.24 bits per heavy atom. The molecule has 24 nitrogen and oxygen atoms in total. The monoisotopic (exact) mass is 1450 g/mol. The molecule has 5 aromatic carbocycles. The smallest absolute Gasteiger partial charge is 0.354 e. The van der Waals surface area contributed by atoms with Crippen LogP contribution in [0, 0.1) is 13.8 Å². The lowest BCUT2D eigenvalue weighted by atomic mass is 10.2. The van der Waals surface area contributed by atoms with Crippen molar-refractivity contribution in [3.05, 3.63) is 267 Å². The summed E-state index contributed by atoms with van der Waals surface area (Å²) in [6, 6.07) is 46.2. The maximum Gasteiger partial charge on any atom is 0.354 e. The van der Waals surface area contributed by atoms with E-state index in [9.17, 15) is 33.2 Å². The van der Waals surface area contributed by atoms with Gasteiger partial charge in [-0.15, -0.1) is 0 Å². The number of aryl methyl sites for hydroxylation is 2. The van der Waals surface area contributed by atoms with Crippen molar-refractivity contribution in [3.63, 3.8) is 0 Å². The minimum Gasteiger partial charge on any atom is -0.508 e. The number of phenolic OH excluding ortho intramolecular Hbond substituents is 1. The SMILES string of the molecule is Cc1cc(N)ccc1Cl.Nc1ccc(O)cc1.O=C(Cl)c1cc(Cl)ccn1.O=C(O)c1ccccn1.[2H]C([2H])([2H])N.[2H]C([2H])([2H])NC(=O)c1cc(Cl)ccn1.[2H]C([2H])([2H])NC(=O)c1cc(Oc2ccc(N)cc2)ccn1.[2H]C([2H])([2H])NC(=O)c1cc(Oc2ccc(NC(=O)Nc3ccc(Cl)c(C)c3)cc2)ccn1.[2H]CF. The molecule has 5 amide bonds. The first kappa shape index (κ1) is 62.9. The number of nitrogens with two attached hydrogens (primary N) is 4. The van der Waals surface area contributed by atoms with Gasteiger partial charge < -0.3 is 69.2 Å². The fourth-order valence-electron chi connectivity index (χ4n) is 6.49. The van der Waals surface area contributed by atoms with E-state index in [0.29, 0.717) is 60.8 Å². The van der Waals surface area contributed by atoms with Gasteiger partial charge in [0.25, 0.3) is 23.0 Å². The highest BCUT2D eigenvalue weighted by molar-refractivity contribution is 6.67. The molecule has 30 heteroatoms. The van der Waals surface area contributed by atoms with Crippen molar-refractivity contribution in [2.75, 3.05) is 62.9 Å². The molecule has 5 heterocycles. The number of pyridine rings is 5. The number of nitrogen functional groups attached to an aromatic ring is 3. The van der Waals surface area contributed by atoms with Crippen LogP contribution >= 0.6 is 58.0 Å². The van der Waals surface area contributed by atoms with Crippen LogP contribution in [0.1, 0.15) is 81.4 Å². The minimum atomic E-state index is -2.61. The predicted octanol–water partition coefficient (Wildman–Crippen LogP) is 14.0. The molecule has 0 unspecified atom stereocenters. The molecule has 15 N–H and O–H groups in total. The van der Waals surface area contributed by atoms with Crippen molar-refractivity contribution in [1.29, 1.82) is 0 Å². The second-order valence-corrected chi connectivity index (χ2v) is 20.1. The number of nitrogens with one attached hydrogen (secondary N) is 5. The minimum absolute atomic E-state index is 0.0198. The summed E-state index contributed by atoms with van der Waals surface area (Å²) in [6.45, 7) is -6.17. The summed E-state index contributed by atoms with van der Waals surface area (Å²) in [7, 11) is -1.00. The topological polar surface area (TPSA) is 390 Å². The molecule has 10 aromatic rings. The number of hydrogen-bond acceptors (Lipinski definition) is 18. The molecule has 0 aliphatic heterocycles. The van der Waals surface area contributed by atoms with E-state index >= 15 is 0 Å². The Morgan fingerprint density at radius 2 is 0.857 bits per heavy atom. The summed E-state index contributed by atoms with van der Waals surface area (Å²) in [5.41, 5.74) is 25.9. The summed E-state index contributed by atoms with van der Waals surface area (Å²) in [5, 5.41) is 29.6. The number of carbonyl (C=O) groups is 6. The molecule has 0 bridgehead atoms. The first-order valence-electron chi connectivity index (χ1n) is 33.7. The van der Waals surface area contributed by atoms with Gasteiger partial charge in [-0.3, -0.25) is 43.5 Å². The van der Waals surface area contributed by atoms with E-state index in [0.717, 1.165) is 21.8 Å². The molecule has 0 saturated heterocycles. The molecule has 5 aromatic heterocycles. The van der Waals surface area contributed by atoms with Crippen molar-refractivity contribution in [2.45, 2.75) is 13.8 Å². The van der Waals surface area contributed by atoms with Gasteiger partial charge in [-0.1, -0.05) is 52.5 Å². The number of ether oxygens (including phenoxy) is 2. The zero-order valence-corrected chi connectivity index (χ0v) is 55.1. The van der Waals surface area contributed by atoms with Gasteiger partial charge in [0.15, 0.2) is 0 Å². The predicted molar refractivity (Wildman–Crippen MR) is 385 cm³/mol. The zero-order valence-electron chi connectivity index (χ0n) is 64.3. The van der Waals surface area contributed by atoms with E-state index in [1.165, 1.54) is 73.4 Å². The highest BCUT2D eigenvalue weighted by atomic mass is 35.5. The number of amides is 5. The Morgan fingerprint density at radius 1 is 0.469 bits per heavy atom. The van der Waals surface area contributed by atoms with Crippen LogP contribution in [0.25, 0.3) is 0 Å². The number of hydrogen-bond donors (Lipinski definition) is 11. The normalized spacial score (nSPS) is 11.8. The molecule has 0 saturated carbocycles. The summed E-state index contributed by atoms with van der Waals surface area (Å²) >= 11 is 28.0. The molecule has 0 atom stereocenters. The van der Waals surface area contributed by atoms with Crippen LogP contribution in [0.3, 0.4) is 0 Å². The number of aromatic carboxylic acids is 1. The molecule has 0 spiro atoms. The number of benzene rings is 5. The number of alkyl halides is 1. The Balaban J connectivity index is 0.000000459. The molecular weight excluding hydrogens is 1370 g/mol. The van der Waals surface area contributed by atoms with Crippen molar-refractivity contribution in [2.24, 2.45) is 5.73 Å². The van der Waals surface area contributed by atoms with Gasteiger partial charge in [0.05, 0.1) is 8.52 Å². The summed E-state index contributed by atoms with van der Waals surface area (Å²) in [5.74, 6) is -1.50. The second-order valence-electron chi connectivity index (χ2n) is 18.1. The van der Waals surface area contributed by atoms with E-state index in [1.807, 2.05) is 30.5 Å². The molecule has 0 aliphatic rings. The fourth-order valence-corrected chi connectivity index (χ4v) is 7.15. The number of nitrogens with zero attached hydrogens (tertiary/aromatic N) is 5. The third-order valence-corrected chi connectivity index (χ3v) is 12.5. The van der Waals surface area contributed by atoms with Gasteiger partial charge in [0.1, 0.15) is 57.2 Å². The fraction of sp³-hybridized carbons (Fsp3) is 0.103. The molecule has 514 valence electrons. The van der Waals surface area contributed by atoms with Crippen LogP contribution in [0.5, 0.6) is 28.7 Å². The number of urea groups is 1. The Hall–Kier alpha value is -11.2. The van der Waals surface area contributed by atoms with E-state index < -0.39 is 70.0 Å². The number of anilines is 5. The molecule has 0 aliphatic carbocycles. The highest BCUT2D eigenvalue weighted by Gasteiger charge is 2.11. The highest BCUT2D eigenvalue weighted by Crippen LogP contribution is 2.26. The van der Waals surface area contributed by atoms with E-state index in [4.69, 9.17) is 113 Å². The van der Waals surface area contributed by atoms with Gasteiger partial charge in [-0.2, -0.15) is 0 Å². The van der Waals surface area contributed by atoms with Gasteiger partial charge in [-0.05, 0) is 201 Å². The lowest BCUT2D eigenvalue weighted by Gasteiger charge is -2.10. The Labute approximate surface area is 608 Å². The summed E-state index contributed by atoms with van der Waals surface area (Å²) in [4.78, 5) is 86.2. The van der Waals surface area contributed by atoms with Gasteiger partial charge >= 0.3 is 12.0 Å². The number of phenols is 1. The largest absolute Gasteiger partial charge is 0.508 e. The quantitative estimate of drug-likeness (QED) is 0.0325. The van der Waals surface area contributed by atoms with Gasteiger partial charge in [-0.25, -0.2) is 14.6 Å². The molecule has 10 rings (SSSR count). The maximum absolute atomic E-state index is 12.2. The average molecular weight is 1450 g/mol. The number of halogens is 6. The van der Waals surface area contributed by atoms with Crippen LogP contribution in [0.2, 0.25) is 20.1 Å². The second kappa shape index (κ2) is 46.0. The van der Waals surface area contributed by atoms with E-state index in [-0.39, 0.29) is 34.2 Å². The number of carboxylic acids is 1. The van der Waals surface area contributed by atoms with Crippen molar-refractivity contribution < 1.29 is 70.7 Å². The number of aromatic hydroxyl groups is 1. The van der Waals surface area contributed by atoms with Crippen LogP contribution in [0.15, 0.2) is 207 Å². The lowest BCUT2D eigenvalue weighted by molar-refractivity contribution is 0.0689. The Bertz CT molecular complexity index is 4590. The maximum atomic E-state index is 12.2. The molecule has 0 fully saturated rings. The van der Waals surface area contributed by atoms with Crippen molar-refractivity contribution in [1.82, 2.24) is 40.9 Å². The van der Waals surface area contributed by atoms with Crippen LogP contribution in [-0.2, 0) is 0 Å². The van der Waals surface area contributed by atoms with Crippen LogP contribution < -0.4 is 59.0 Å². The third kappa shape index (κ3) is 32.8. The number of carboxylic acid groups (broad SMARTS) is 1. The third-order valence-electron chi connectivity index (χ3n) is 11.0. The number of aromatic nitrogens is 5. The van der Waals surface area contributed by atoms with Crippen molar-refractivity contribution >= 4 is 121 Å². The van der Waals surface area contributed by atoms with Gasteiger partial charge in [0, 0.05) is 129 Å². The van der Waals surface area contributed by atoms with E-state index in [2.05, 4.69) is 41.3 Å². The van der Waals surface area contributed by atoms with Crippen LogP contribution in [0.4, 0.5) is 37.6 Å². The Kier molecular flexibility index (Phi) is 29.5. The lowest BCUT2D eigenvalue weighted by Crippen LogP contribution is -2.19. The van der Waals surface area contributed by atoms with Crippen molar-refractivity contribution in [3.8, 4) is 28.7 Å². The summed E-state index contributed by atoms with van der Waals surface area (Å²) in [6.07, 6.45) is 6.90. The number of rotatable bonds is 11. The summed E-state index contributed by atoms with van der Waals surface area (Å²) < 4.78 is 108. The van der Waals surface area contributed by atoms with Crippen LogP contribution in [-0.4, -0.2) is 105 Å². The van der Waals surface area contributed by atoms with Gasteiger partial charge in [0.2, 0.25) is 0 Å². The average Bonchev–Trinajstić information content (AvgIpc) is 0.866. The standard InChI is InChI=1S/C21H19ClN4O3.C13H13N3O2.C7H7ClN2O.C7H8ClN.C6H3Cl2NO.C6H5NO2.C6H7NO.CH3F.CH5N/c1-13-11-15(5-8-18(13)22)26-21(28)25-14-3-6-16(7-4-14)29-17-9-10-24-19(12-17)20(27)23-2;1-15-13(17)12-8-11(6-7-16-12)18-10-4-2-9(14)3-5-10;1-9-7(11)6-4-5(8)2-3-10-6;1-5-4-6(9)2-3-7(5)8;7-4-1-2-9-5(3-4)6(8)10;8-6(9)5-3-1-2-4-7-5;7-5-1-3-6(8)4-2-5;2*1-2/h3-12H,1-2H3,(H,23,27)(H2,25,26,28);2-8H,14H2,1H3,(H,15,17);2-4H,1H3,(H,9,11);2-4H,9H2,1H3;1-3H;1-4H,(H,8,9);1-4,8H,7H2;1H3;2H2,1H3/i2D3;2*1D3;;;;;1D;1D3. The molecule has 0 radical (unpaired) electrons. The first-order valence-corrected chi connectivity index (χ1v) is 28.9.